The highest BCUT2D eigenvalue weighted by atomic mass is 16.4. The van der Waals surface area contributed by atoms with Crippen LogP contribution in [-0.2, 0) is 0 Å². The van der Waals surface area contributed by atoms with Crippen LogP contribution in [0.3, 0.4) is 0 Å². The van der Waals surface area contributed by atoms with Crippen molar-refractivity contribution >= 4 is 29.1 Å². The summed E-state index contributed by atoms with van der Waals surface area (Å²) >= 11 is 0. The molecular weight excluding hydrogens is 386 g/mol. The van der Waals surface area contributed by atoms with Crippen molar-refractivity contribution in [3.05, 3.63) is 78.4 Å². The van der Waals surface area contributed by atoms with Gasteiger partial charge in [0.1, 0.15) is 5.52 Å². The molecule has 0 bridgehead atoms. The molecule has 2 unspecified atom stereocenters. The lowest BCUT2D eigenvalue weighted by molar-refractivity contribution is 0.112. The fraction of sp³-hybridized carbons (Fsp3) is 0.231. The van der Waals surface area contributed by atoms with E-state index in [1.165, 1.54) is 5.69 Å². The van der Waals surface area contributed by atoms with E-state index >= 15 is 0 Å². The molecule has 0 aliphatic carbocycles. The first-order chi connectivity index (χ1) is 15.3. The number of oxazole rings is 1. The summed E-state index contributed by atoms with van der Waals surface area (Å²) in [5.41, 5.74) is 5.74. The number of nitrogens with zero attached hydrogens (tertiary/aromatic N) is 3. The molecular formula is C26H23N3O2. The Morgan fingerprint density at radius 3 is 2.55 bits per heavy atom. The summed E-state index contributed by atoms with van der Waals surface area (Å²) in [4.78, 5) is 21.1. The van der Waals surface area contributed by atoms with Crippen molar-refractivity contribution in [1.82, 2.24) is 4.98 Å². The molecule has 4 aromatic rings. The number of benzene rings is 3. The Hall–Kier alpha value is -3.60. The van der Waals surface area contributed by atoms with E-state index in [0.29, 0.717) is 12.0 Å². The molecule has 0 radical (unpaired) electrons. The van der Waals surface area contributed by atoms with Crippen LogP contribution in [0.1, 0.15) is 16.8 Å². The minimum Gasteiger partial charge on any atom is -0.423 e. The van der Waals surface area contributed by atoms with Gasteiger partial charge >= 0.3 is 0 Å². The molecule has 0 N–H and O–H groups in total. The van der Waals surface area contributed by atoms with Gasteiger partial charge in [-0.25, -0.2) is 0 Å². The standard InChI is InChI=1S/C26H23N3O2/c30-17-19-7-1-2-8-20(19)21-9-3-5-11-23(21)28-14-13-18-15-29(24(18)16-28)26-27-22-10-4-6-12-25(22)31-26/h1-12,17-18,24H,13-16H2. The van der Waals surface area contributed by atoms with Crippen LogP contribution in [0, 0.1) is 5.92 Å². The Morgan fingerprint density at radius 1 is 0.903 bits per heavy atom. The van der Waals surface area contributed by atoms with Crippen LogP contribution in [0.4, 0.5) is 11.7 Å². The SMILES string of the molecule is O=Cc1ccccc1-c1ccccc1N1CCC2CN(c3nc4ccccc4o3)C2C1. The monoisotopic (exact) mass is 409 g/mol. The lowest BCUT2D eigenvalue weighted by atomic mass is 9.82. The predicted octanol–water partition coefficient (Wildman–Crippen LogP) is 5.02. The molecule has 2 saturated heterocycles. The van der Waals surface area contributed by atoms with Crippen LogP contribution < -0.4 is 9.80 Å². The van der Waals surface area contributed by atoms with Crippen molar-refractivity contribution in [2.24, 2.45) is 5.92 Å². The van der Waals surface area contributed by atoms with Gasteiger partial charge in [-0.15, -0.1) is 0 Å². The van der Waals surface area contributed by atoms with Gasteiger partial charge in [0.15, 0.2) is 11.9 Å². The van der Waals surface area contributed by atoms with E-state index in [4.69, 9.17) is 9.40 Å². The smallest absolute Gasteiger partial charge is 0.298 e. The minimum atomic E-state index is 0.385. The van der Waals surface area contributed by atoms with E-state index in [1.807, 2.05) is 54.6 Å². The average molecular weight is 409 g/mol. The van der Waals surface area contributed by atoms with Crippen molar-refractivity contribution in [1.29, 1.82) is 0 Å². The Bertz CT molecular complexity index is 1230. The van der Waals surface area contributed by atoms with Gasteiger partial charge in [-0.2, -0.15) is 4.98 Å². The maximum Gasteiger partial charge on any atom is 0.298 e. The van der Waals surface area contributed by atoms with Gasteiger partial charge in [0.05, 0.1) is 6.04 Å². The largest absolute Gasteiger partial charge is 0.423 e. The van der Waals surface area contributed by atoms with Crippen molar-refractivity contribution in [2.45, 2.75) is 12.5 Å². The fourth-order valence-electron chi connectivity index (χ4n) is 5.04. The normalized spacial score (nSPS) is 20.4. The quantitative estimate of drug-likeness (QED) is 0.443. The van der Waals surface area contributed by atoms with Gasteiger partial charge in [0, 0.05) is 42.4 Å². The molecule has 5 nitrogen and oxygen atoms in total. The zero-order chi connectivity index (χ0) is 20.8. The number of aromatic nitrogens is 1. The number of carbonyl (C=O) groups is 1. The number of hydrogen-bond donors (Lipinski definition) is 0. The number of aldehydes is 1. The number of hydrogen-bond acceptors (Lipinski definition) is 5. The van der Waals surface area contributed by atoms with Gasteiger partial charge in [-0.1, -0.05) is 54.6 Å². The van der Waals surface area contributed by atoms with E-state index in [1.54, 1.807) is 0 Å². The van der Waals surface area contributed by atoms with Crippen LogP contribution in [0.15, 0.2) is 77.2 Å². The Kier molecular flexibility index (Phi) is 4.27. The molecule has 154 valence electrons. The Labute approximate surface area is 180 Å². The second kappa shape index (κ2) is 7.27. The Balaban J connectivity index is 1.31. The second-order valence-corrected chi connectivity index (χ2v) is 8.40. The lowest BCUT2D eigenvalue weighted by Crippen LogP contribution is -2.64. The third-order valence-corrected chi connectivity index (χ3v) is 6.70. The fourth-order valence-corrected chi connectivity index (χ4v) is 5.04. The van der Waals surface area contributed by atoms with E-state index in [2.05, 4.69) is 28.0 Å². The lowest BCUT2D eigenvalue weighted by Gasteiger charge is -2.53. The third kappa shape index (κ3) is 3.00. The summed E-state index contributed by atoms with van der Waals surface area (Å²) < 4.78 is 6.04. The summed E-state index contributed by atoms with van der Waals surface area (Å²) in [6.07, 6.45) is 2.09. The zero-order valence-electron chi connectivity index (χ0n) is 17.1. The minimum absolute atomic E-state index is 0.385. The molecule has 0 amide bonds. The number of anilines is 2. The number of carbonyl (C=O) groups excluding carboxylic acids is 1. The highest BCUT2D eigenvalue weighted by molar-refractivity contribution is 5.91. The summed E-state index contributed by atoms with van der Waals surface area (Å²) in [5.74, 6) is 0.667. The van der Waals surface area contributed by atoms with Crippen LogP contribution in [0.2, 0.25) is 0 Å². The highest BCUT2D eigenvalue weighted by Crippen LogP contribution is 2.40. The summed E-state index contributed by atoms with van der Waals surface area (Å²) in [6.45, 7) is 2.94. The summed E-state index contributed by atoms with van der Waals surface area (Å²) in [6, 6.07) is 25.3. The number of fused-ring (bicyclic) bond motifs is 2. The van der Waals surface area contributed by atoms with Crippen LogP contribution in [0.25, 0.3) is 22.2 Å². The van der Waals surface area contributed by atoms with Crippen LogP contribution >= 0.6 is 0 Å². The molecule has 6 rings (SSSR count). The molecule has 5 heteroatoms. The topological polar surface area (TPSA) is 49.6 Å². The first kappa shape index (κ1) is 18.2. The van der Waals surface area contributed by atoms with Crippen LogP contribution in [-0.4, -0.2) is 36.9 Å². The van der Waals surface area contributed by atoms with E-state index in [-0.39, 0.29) is 0 Å². The Morgan fingerprint density at radius 2 is 1.68 bits per heavy atom. The van der Waals surface area contributed by atoms with Gasteiger partial charge in [-0.05, 0) is 30.2 Å². The van der Waals surface area contributed by atoms with E-state index in [0.717, 1.165) is 66.1 Å². The third-order valence-electron chi connectivity index (χ3n) is 6.70. The van der Waals surface area contributed by atoms with Gasteiger partial charge in [0.25, 0.3) is 6.01 Å². The summed E-state index contributed by atoms with van der Waals surface area (Å²) in [5, 5.41) is 0. The van der Waals surface area contributed by atoms with Gasteiger partial charge < -0.3 is 14.2 Å². The molecule has 3 heterocycles. The van der Waals surface area contributed by atoms with Crippen molar-refractivity contribution in [3.8, 4) is 11.1 Å². The van der Waals surface area contributed by atoms with Crippen molar-refractivity contribution in [2.75, 3.05) is 29.4 Å². The summed E-state index contributed by atoms with van der Waals surface area (Å²) in [7, 11) is 0. The van der Waals surface area contributed by atoms with Crippen LogP contribution in [0.5, 0.6) is 0 Å². The predicted molar refractivity (Wildman–Crippen MR) is 123 cm³/mol. The molecule has 2 fully saturated rings. The molecule has 2 aliphatic heterocycles. The first-order valence-electron chi connectivity index (χ1n) is 10.8. The van der Waals surface area contributed by atoms with E-state index < -0.39 is 0 Å². The van der Waals surface area contributed by atoms with Crippen molar-refractivity contribution < 1.29 is 9.21 Å². The number of piperidine rings is 1. The molecule has 1 aromatic heterocycles. The number of rotatable bonds is 4. The molecule has 2 aliphatic rings. The van der Waals surface area contributed by atoms with Gasteiger partial charge in [-0.3, -0.25) is 4.79 Å². The number of para-hydroxylation sites is 3. The zero-order valence-corrected chi connectivity index (χ0v) is 17.1. The molecule has 31 heavy (non-hydrogen) atoms. The van der Waals surface area contributed by atoms with E-state index in [9.17, 15) is 4.79 Å². The molecule has 2 atom stereocenters. The van der Waals surface area contributed by atoms with Gasteiger partial charge in [0.2, 0.25) is 0 Å². The highest BCUT2D eigenvalue weighted by Gasteiger charge is 2.45. The molecule has 3 aromatic carbocycles. The second-order valence-electron chi connectivity index (χ2n) is 8.40. The maximum absolute atomic E-state index is 11.6. The molecule has 0 saturated carbocycles. The average Bonchev–Trinajstić information content (AvgIpc) is 3.23. The molecule has 0 spiro atoms. The first-order valence-corrected chi connectivity index (χ1v) is 10.8. The maximum atomic E-state index is 11.6. The van der Waals surface area contributed by atoms with Crippen molar-refractivity contribution in [3.63, 3.8) is 0 Å².